The Labute approximate surface area is 185 Å². The van der Waals surface area contributed by atoms with E-state index in [9.17, 15) is 18.7 Å². The van der Waals surface area contributed by atoms with E-state index < -0.39 is 17.0 Å². The average molecular weight is 455 g/mol. The van der Waals surface area contributed by atoms with E-state index >= 15 is 0 Å². The standard InChI is InChI=1S/C22H21N3O4S2/c26-12-17(14-4-2-1-3-5-14)22(27)25-10-15-8-24(9-16(15)11-25)19-7-20-18(23-13-30-20)6-21(19)31(28)29/h1-7,13,17,26H,8-12H2,(H,28,29)/p-1. The summed E-state index contributed by atoms with van der Waals surface area (Å²) in [5.41, 5.74) is 6.16. The van der Waals surface area contributed by atoms with Crippen LogP contribution in [-0.4, -0.2) is 62.4 Å². The van der Waals surface area contributed by atoms with E-state index in [2.05, 4.69) is 9.88 Å². The summed E-state index contributed by atoms with van der Waals surface area (Å²) in [6.45, 7) is 1.95. The Balaban J connectivity index is 1.33. The second kappa shape index (κ2) is 8.16. The van der Waals surface area contributed by atoms with Gasteiger partial charge in [-0.15, -0.1) is 11.3 Å². The fourth-order valence-corrected chi connectivity index (χ4v) is 5.65. The van der Waals surface area contributed by atoms with E-state index in [1.807, 2.05) is 36.4 Å². The van der Waals surface area contributed by atoms with Gasteiger partial charge in [-0.2, -0.15) is 0 Å². The second-order valence-corrected chi connectivity index (χ2v) is 9.57. The molecule has 2 aromatic carbocycles. The Bertz CT molecular complexity index is 1190. The molecule has 2 atom stereocenters. The van der Waals surface area contributed by atoms with Crippen molar-refractivity contribution in [2.24, 2.45) is 0 Å². The predicted octanol–water partition coefficient (Wildman–Crippen LogP) is 2.27. The third-order valence-electron chi connectivity index (χ3n) is 5.95. The molecule has 2 unspecified atom stereocenters. The summed E-state index contributed by atoms with van der Waals surface area (Å²) in [5.74, 6) is -0.650. The van der Waals surface area contributed by atoms with Gasteiger partial charge in [0, 0.05) is 26.2 Å². The highest BCUT2D eigenvalue weighted by Crippen LogP contribution is 2.36. The van der Waals surface area contributed by atoms with Crippen molar-refractivity contribution in [1.82, 2.24) is 9.88 Å². The zero-order chi connectivity index (χ0) is 21.5. The lowest BCUT2D eigenvalue weighted by Gasteiger charge is -2.28. The molecule has 0 aliphatic carbocycles. The lowest BCUT2D eigenvalue weighted by atomic mass is 9.98. The highest BCUT2D eigenvalue weighted by molar-refractivity contribution is 7.79. The van der Waals surface area contributed by atoms with Crippen LogP contribution < -0.4 is 4.90 Å². The number of aliphatic hydroxyl groups excluding tert-OH is 1. The van der Waals surface area contributed by atoms with Crippen molar-refractivity contribution in [2.75, 3.05) is 37.7 Å². The number of carbonyl (C=O) groups is 1. The highest BCUT2D eigenvalue weighted by Gasteiger charge is 2.35. The second-order valence-electron chi connectivity index (χ2n) is 7.78. The topological polar surface area (TPSA) is 96.8 Å². The Hall–Kier alpha value is -2.59. The highest BCUT2D eigenvalue weighted by atomic mass is 32.2. The van der Waals surface area contributed by atoms with Gasteiger partial charge in [0.1, 0.15) is 0 Å². The molecule has 160 valence electrons. The first kappa shape index (κ1) is 20.3. The van der Waals surface area contributed by atoms with Crippen molar-refractivity contribution < 1.29 is 18.7 Å². The number of amides is 1. The van der Waals surface area contributed by atoms with Gasteiger partial charge in [0.2, 0.25) is 5.91 Å². The van der Waals surface area contributed by atoms with Gasteiger partial charge in [-0.1, -0.05) is 30.3 Å². The summed E-state index contributed by atoms with van der Waals surface area (Å²) >= 11 is -0.883. The number of anilines is 1. The van der Waals surface area contributed by atoms with Crippen molar-refractivity contribution in [3.05, 3.63) is 64.7 Å². The molecule has 9 heteroatoms. The molecule has 3 aromatic rings. The zero-order valence-corrected chi connectivity index (χ0v) is 18.2. The summed E-state index contributed by atoms with van der Waals surface area (Å²) < 4.78 is 24.6. The normalized spacial score (nSPS) is 18.0. The van der Waals surface area contributed by atoms with Gasteiger partial charge >= 0.3 is 0 Å². The number of aromatic nitrogens is 1. The van der Waals surface area contributed by atoms with Gasteiger partial charge in [-0.05, 0) is 39.9 Å². The summed E-state index contributed by atoms with van der Waals surface area (Å²) in [6, 6.07) is 12.8. The van der Waals surface area contributed by atoms with Crippen molar-refractivity contribution >= 4 is 44.2 Å². The molecule has 31 heavy (non-hydrogen) atoms. The lowest BCUT2D eigenvalue weighted by molar-refractivity contribution is -0.132. The number of benzene rings is 2. The molecule has 0 spiro atoms. The quantitative estimate of drug-likeness (QED) is 0.469. The van der Waals surface area contributed by atoms with Gasteiger partial charge in [-0.25, -0.2) is 4.98 Å². The molecule has 0 saturated carbocycles. The molecule has 0 fully saturated rings. The van der Waals surface area contributed by atoms with Crippen molar-refractivity contribution in [1.29, 1.82) is 0 Å². The van der Waals surface area contributed by atoms with Crippen LogP contribution in [0.15, 0.2) is 64.0 Å². The molecule has 2 aliphatic rings. The van der Waals surface area contributed by atoms with E-state index in [0.29, 0.717) is 37.4 Å². The molecular formula is C22H20N3O4S2-. The van der Waals surface area contributed by atoms with Crippen LogP contribution in [0.1, 0.15) is 11.5 Å². The van der Waals surface area contributed by atoms with Crippen molar-refractivity contribution in [3.63, 3.8) is 0 Å². The minimum atomic E-state index is -2.36. The van der Waals surface area contributed by atoms with Crippen LogP contribution >= 0.6 is 11.3 Å². The van der Waals surface area contributed by atoms with Gasteiger partial charge < -0.3 is 19.5 Å². The third-order valence-corrected chi connectivity index (χ3v) is 7.43. The molecule has 1 amide bonds. The van der Waals surface area contributed by atoms with Crippen LogP contribution in [0, 0.1) is 0 Å². The van der Waals surface area contributed by atoms with Crippen LogP contribution in [0.3, 0.4) is 0 Å². The first-order valence-corrected chi connectivity index (χ1v) is 11.9. The maximum absolute atomic E-state index is 13.1. The number of hydrogen-bond donors (Lipinski definition) is 1. The minimum absolute atomic E-state index is 0.0814. The van der Waals surface area contributed by atoms with Crippen molar-refractivity contribution in [3.8, 4) is 0 Å². The number of fused-ring (bicyclic) bond motifs is 1. The van der Waals surface area contributed by atoms with Gasteiger partial charge in [-0.3, -0.25) is 9.00 Å². The largest absolute Gasteiger partial charge is 0.768 e. The lowest BCUT2D eigenvalue weighted by Crippen LogP contribution is -2.38. The Morgan fingerprint density at radius 2 is 1.87 bits per heavy atom. The fraction of sp³-hybridized carbons (Fsp3) is 0.273. The number of carbonyl (C=O) groups excluding carboxylic acids is 1. The number of nitrogens with zero attached hydrogens (tertiary/aromatic N) is 3. The molecule has 1 N–H and O–H groups in total. The molecule has 0 saturated heterocycles. The van der Waals surface area contributed by atoms with Gasteiger partial charge in [0.15, 0.2) is 0 Å². The van der Waals surface area contributed by atoms with Crippen molar-refractivity contribution in [2.45, 2.75) is 10.8 Å². The van der Waals surface area contributed by atoms with Crippen LogP contribution in [0.5, 0.6) is 0 Å². The summed E-state index contributed by atoms with van der Waals surface area (Å²) in [5, 5.41) is 9.82. The van der Waals surface area contributed by atoms with Crippen LogP contribution in [0.4, 0.5) is 5.69 Å². The van der Waals surface area contributed by atoms with E-state index in [-0.39, 0.29) is 17.4 Å². The number of thiazole rings is 1. The Morgan fingerprint density at radius 3 is 2.52 bits per heavy atom. The molecule has 5 rings (SSSR count). The Morgan fingerprint density at radius 1 is 1.16 bits per heavy atom. The number of hydrogen-bond acceptors (Lipinski definition) is 7. The molecule has 3 heterocycles. The number of rotatable bonds is 5. The average Bonchev–Trinajstić information content (AvgIpc) is 3.48. The predicted molar refractivity (Wildman–Crippen MR) is 119 cm³/mol. The first-order chi connectivity index (χ1) is 15.0. The summed E-state index contributed by atoms with van der Waals surface area (Å²) in [7, 11) is 0. The summed E-state index contributed by atoms with van der Waals surface area (Å²) in [4.78, 5) is 21.4. The van der Waals surface area contributed by atoms with E-state index in [4.69, 9.17) is 0 Å². The van der Waals surface area contributed by atoms with Gasteiger partial charge in [0.25, 0.3) is 0 Å². The molecule has 0 bridgehead atoms. The van der Waals surface area contributed by atoms with E-state index in [1.54, 1.807) is 16.5 Å². The SMILES string of the molecule is O=C(C(CO)c1ccccc1)N1CC2=C(C1)CN(c1cc3scnc3cc1S(=O)[O-])C2. The maximum Gasteiger partial charge on any atom is 0.233 e. The van der Waals surface area contributed by atoms with E-state index in [0.717, 1.165) is 21.4 Å². The molecule has 1 aromatic heterocycles. The maximum atomic E-state index is 13.1. The summed E-state index contributed by atoms with van der Waals surface area (Å²) in [6.07, 6.45) is 0. The minimum Gasteiger partial charge on any atom is -0.768 e. The molecule has 0 radical (unpaired) electrons. The Kier molecular flexibility index (Phi) is 5.35. The molecule has 7 nitrogen and oxygen atoms in total. The van der Waals surface area contributed by atoms with Gasteiger partial charge in [0.05, 0.1) is 38.8 Å². The zero-order valence-electron chi connectivity index (χ0n) is 16.6. The van der Waals surface area contributed by atoms with Crippen LogP contribution in [0.2, 0.25) is 0 Å². The molecule has 2 aliphatic heterocycles. The van der Waals surface area contributed by atoms with Crippen LogP contribution in [0.25, 0.3) is 10.2 Å². The molecular weight excluding hydrogens is 434 g/mol. The van der Waals surface area contributed by atoms with Crippen LogP contribution in [-0.2, 0) is 15.9 Å². The number of aliphatic hydroxyl groups is 1. The van der Waals surface area contributed by atoms with E-state index in [1.165, 1.54) is 11.3 Å². The monoisotopic (exact) mass is 454 g/mol. The smallest absolute Gasteiger partial charge is 0.233 e. The fourth-order valence-electron chi connectivity index (χ4n) is 4.39. The third kappa shape index (κ3) is 3.67. The first-order valence-electron chi connectivity index (χ1n) is 9.91.